The van der Waals surface area contributed by atoms with Gasteiger partial charge in [-0.3, -0.25) is 11.7 Å². The van der Waals surface area contributed by atoms with E-state index in [0.717, 1.165) is 26.2 Å². The van der Waals surface area contributed by atoms with Crippen molar-refractivity contribution in [2.75, 3.05) is 26.2 Å². The molecule has 0 heterocycles. The number of hydrogen-bond acceptors (Lipinski definition) is 4. The Balaban J connectivity index is 0. The van der Waals surface area contributed by atoms with Crippen molar-refractivity contribution in [2.45, 2.75) is 26.7 Å². The summed E-state index contributed by atoms with van der Waals surface area (Å²) >= 11 is 0. The minimum Gasteiger partial charge on any atom is -0.315 e. The van der Waals surface area contributed by atoms with E-state index < -0.39 is 0 Å². The lowest BCUT2D eigenvalue weighted by Crippen LogP contribution is -2.28. The predicted molar refractivity (Wildman–Crippen MR) is 54.7 cm³/mol. The summed E-state index contributed by atoms with van der Waals surface area (Å²) in [6.07, 6.45) is 2.46. The first kappa shape index (κ1) is 14.4. The fourth-order valence-corrected chi connectivity index (χ4v) is 0.780. The van der Waals surface area contributed by atoms with Gasteiger partial charge in [-0.15, -0.1) is 0 Å². The second-order valence-electron chi connectivity index (χ2n) is 2.50. The van der Waals surface area contributed by atoms with Crippen LogP contribution < -0.4 is 22.3 Å². The van der Waals surface area contributed by atoms with Crippen LogP contribution in [0.15, 0.2) is 0 Å². The van der Waals surface area contributed by atoms with Crippen LogP contribution in [0.25, 0.3) is 0 Å². The Morgan fingerprint density at radius 3 is 1.33 bits per heavy atom. The van der Waals surface area contributed by atoms with E-state index in [9.17, 15) is 0 Å². The first-order valence-corrected chi connectivity index (χ1v) is 4.66. The molecule has 12 heavy (non-hydrogen) atoms. The van der Waals surface area contributed by atoms with Crippen molar-refractivity contribution in [1.29, 1.82) is 0 Å². The van der Waals surface area contributed by atoms with Crippen molar-refractivity contribution >= 4 is 0 Å². The number of rotatable bonds is 7. The number of hydrazine groups is 1. The monoisotopic (exact) mass is 176 g/mol. The first-order chi connectivity index (χ1) is 5.91. The fraction of sp³-hybridized carbons (Fsp3) is 1.00. The highest BCUT2D eigenvalue weighted by molar-refractivity contribution is 4.49. The van der Waals surface area contributed by atoms with Gasteiger partial charge in [0.15, 0.2) is 0 Å². The highest BCUT2D eigenvalue weighted by Gasteiger charge is 1.83. The van der Waals surface area contributed by atoms with Crippen molar-refractivity contribution in [2.24, 2.45) is 11.7 Å². The van der Waals surface area contributed by atoms with E-state index in [4.69, 9.17) is 0 Å². The zero-order valence-electron chi connectivity index (χ0n) is 8.40. The zero-order valence-corrected chi connectivity index (χ0v) is 8.40. The van der Waals surface area contributed by atoms with Gasteiger partial charge < -0.3 is 10.6 Å². The molecule has 0 aliphatic heterocycles. The molecule has 0 aliphatic rings. The first-order valence-electron chi connectivity index (χ1n) is 4.66. The number of hydrogen-bond donors (Lipinski definition) is 4. The minimum atomic E-state index is 1.10. The summed E-state index contributed by atoms with van der Waals surface area (Å²) in [5, 5.41) is 6.66. The van der Waals surface area contributed by atoms with E-state index in [1.807, 2.05) is 0 Å². The Kier molecular flexibility index (Phi) is 20.4. The highest BCUT2D eigenvalue weighted by Crippen LogP contribution is 1.70. The molecular formula is C8H24N4. The molecule has 0 aliphatic carbocycles. The van der Waals surface area contributed by atoms with Crippen LogP contribution in [-0.2, 0) is 0 Å². The third-order valence-corrected chi connectivity index (χ3v) is 1.33. The molecule has 0 amide bonds. The van der Waals surface area contributed by atoms with Gasteiger partial charge in [0.05, 0.1) is 0 Å². The lowest BCUT2D eigenvalue weighted by Gasteiger charge is -2.03. The molecular weight excluding hydrogens is 152 g/mol. The van der Waals surface area contributed by atoms with Crippen molar-refractivity contribution in [1.82, 2.24) is 10.6 Å². The quantitative estimate of drug-likeness (QED) is 0.246. The summed E-state index contributed by atoms with van der Waals surface area (Å²) in [5.41, 5.74) is 0. The van der Waals surface area contributed by atoms with Crippen LogP contribution in [0.4, 0.5) is 0 Å². The summed E-state index contributed by atoms with van der Waals surface area (Å²) in [4.78, 5) is 0. The zero-order chi connectivity index (χ0) is 9.66. The molecule has 0 saturated carbocycles. The van der Waals surface area contributed by atoms with E-state index in [2.05, 4.69) is 36.2 Å². The van der Waals surface area contributed by atoms with E-state index in [0.29, 0.717) is 0 Å². The standard InChI is InChI=1S/C8H20N2.H4N2/c1-3-5-9-7-8-10-6-4-2;1-2/h9-10H,3-8H2,1-2H3;1-2H2. The fourth-order valence-electron chi connectivity index (χ4n) is 0.780. The second-order valence-corrected chi connectivity index (χ2v) is 2.50. The molecule has 0 spiro atoms. The van der Waals surface area contributed by atoms with Gasteiger partial charge in [0.1, 0.15) is 0 Å². The highest BCUT2D eigenvalue weighted by atomic mass is 15.0. The second kappa shape index (κ2) is 17.1. The SMILES string of the molecule is CCCNCCNCCC.NN. The Morgan fingerprint density at radius 1 is 0.750 bits per heavy atom. The van der Waals surface area contributed by atoms with Gasteiger partial charge in [-0.05, 0) is 25.9 Å². The largest absolute Gasteiger partial charge is 0.315 e. The van der Waals surface area contributed by atoms with Crippen LogP contribution in [0.1, 0.15) is 26.7 Å². The molecule has 0 rings (SSSR count). The van der Waals surface area contributed by atoms with E-state index in [1.165, 1.54) is 12.8 Å². The molecule has 4 nitrogen and oxygen atoms in total. The molecule has 0 unspecified atom stereocenters. The molecule has 6 N–H and O–H groups in total. The topological polar surface area (TPSA) is 76.1 Å². The lowest BCUT2D eigenvalue weighted by molar-refractivity contribution is 0.603. The van der Waals surface area contributed by atoms with Crippen LogP contribution in [0, 0.1) is 0 Å². The average molecular weight is 176 g/mol. The maximum Gasteiger partial charge on any atom is 0.00767 e. The van der Waals surface area contributed by atoms with Gasteiger partial charge >= 0.3 is 0 Å². The van der Waals surface area contributed by atoms with Gasteiger partial charge in [-0.25, -0.2) is 0 Å². The normalized spacial score (nSPS) is 9.00. The molecule has 0 bridgehead atoms. The van der Waals surface area contributed by atoms with Gasteiger partial charge in [0.25, 0.3) is 0 Å². The summed E-state index contributed by atoms with van der Waals surface area (Å²) < 4.78 is 0. The lowest BCUT2D eigenvalue weighted by atomic mass is 10.4. The molecule has 76 valence electrons. The number of nitrogens with one attached hydrogen (secondary N) is 2. The Morgan fingerprint density at radius 2 is 1.08 bits per heavy atom. The maximum absolute atomic E-state index is 4.00. The number of nitrogens with two attached hydrogens (primary N) is 2. The van der Waals surface area contributed by atoms with Crippen molar-refractivity contribution in [3.05, 3.63) is 0 Å². The smallest absolute Gasteiger partial charge is 0.00767 e. The molecule has 0 aromatic heterocycles. The van der Waals surface area contributed by atoms with Gasteiger partial charge in [-0.2, -0.15) is 0 Å². The summed E-state index contributed by atoms with van der Waals surface area (Å²) in [6, 6.07) is 0. The third kappa shape index (κ3) is 16.4. The summed E-state index contributed by atoms with van der Waals surface area (Å²) in [5.74, 6) is 8.00. The van der Waals surface area contributed by atoms with Crippen LogP contribution in [-0.4, -0.2) is 26.2 Å². The van der Waals surface area contributed by atoms with Gasteiger partial charge in [-0.1, -0.05) is 13.8 Å². The predicted octanol–water partition coefficient (Wildman–Crippen LogP) is -0.196. The molecule has 4 heteroatoms. The van der Waals surface area contributed by atoms with Crippen LogP contribution >= 0.6 is 0 Å². The molecule has 0 aromatic rings. The van der Waals surface area contributed by atoms with E-state index >= 15 is 0 Å². The van der Waals surface area contributed by atoms with Crippen LogP contribution in [0.2, 0.25) is 0 Å². The molecule has 0 atom stereocenters. The van der Waals surface area contributed by atoms with E-state index in [-0.39, 0.29) is 0 Å². The summed E-state index contributed by atoms with van der Waals surface area (Å²) in [6.45, 7) is 8.88. The molecule has 0 saturated heterocycles. The maximum atomic E-state index is 4.00. The molecule has 0 aromatic carbocycles. The minimum absolute atomic E-state index is 1.10. The van der Waals surface area contributed by atoms with Crippen molar-refractivity contribution in [3.8, 4) is 0 Å². The average Bonchev–Trinajstić information content (AvgIpc) is 2.15. The third-order valence-electron chi connectivity index (χ3n) is 1.33. The van der Waals surface area contributed by atoms with Crippen molar-refractivity contribution in [3.63, 3.8) is 0 Å². The van der Waals surface area contributed by atoms with Crippen LogP contribution in [0.3, 0.4) is 0 Å². The van der Waals surface area contributed by atoms with Crippen molar-refractivity contribution < 1.29 is 0 Å². The Labute approximate surface area is 76.0 Å². The van der Waals surface area contributed by atoms with Gasteiger partial charge in [0.2, 0.25) is 0 Å². The van der Waals surface area contributed by atoms with Crippen LogP contribution in [0.5, 0.6) is 0 Å². The molecule has 0 fully saturated rings. The van der Waals surface area contributed by atoms with E-state index in [1.54, 1.807) is 0 Å². The van der Waals surface area contributed by atoms with Gasteiger partial charge in [0, 0.05) is 13.1 Å². The Bertz CT molecular complexity index is 51.0. The molecule has 0 radical (unpaired) electrons. The Hall–Kier alpha value is -0.160. The summed E-state index contributed by atoms with van der Waals surface area (Å²) in [7, 11) is 0.